The summed E-state index contributed by atoms with van der Waals surface area (Å²) in [6, 6.07) is 4.77. The number of aryl methyl sites for hydroxylation is 1. The minimum atomic E-state index is -0.949. The van der Waals surface area contributed by atoms with Gasteiger partial charge in [-0.15, -0.1) is 0 Å². The lowest BCUT2D eigenvalue weighted by Crippen LogP contribution is -2.14. The predicted octanol–water partition coefficient (Wildman–Crippen LogP) is 1.40. The lowest BCUT2D eigenvalue weighted by molar-refractivity contribution is -0.137. The number of benzene rings is 1. The molecule has 0 aliphatic heterocycles. The van der Waals surface area contributed by atoms with Gasteiger partial charge in [-0.3, -0.25) is 9.59 Å². The van der Waals surface area contributed by atoms with Gasteiger partial charge in [0.1, 0.15) is 12.3 Å². The summed E-state index contributed by atoms with van der Waals surface area (Å²) in [6.45, 7) is 1.65. The van der Waals surface area contributed by atoms with E-state index in [-0.39, 0.29) is 12.0 Å². The maximum Gasteiger partial charge on any atom is 0.323 e. The first-order chi connectivity index (χ1) is 8.52. The Kier molecular flexibility index (Phi) is 3.06. The van der Waals surface area contributed by atoms with Crippen LogP contribution in [0.25, 0.3) is 10.9 Å². The molecule has 1 heterocycles. The van der Waals surface area contributed by atoms with Crippen LogP contribution in [0.5, 0.6) is 5.75 Å². The van der Waals surface area contributed by atoms with Crippen LogP contribution in [0.3, 0.4) is 0 Å². The number of fused-ring (bicyclic) bond motifs is 1. The fraction of sp³-hybridized carbons (Fsp3) is 0.231. The summed E-state index contributed by atoms with van der Waals surface area (Å²) in [4.78, 5) is 22.6. The highest BCUT2D eigenvalue weighted by atomic mass is 16.5. The van der Waals surface area contributed by atoms with Crippen LogP contribution in [0.4, 0.5) is 0 Å². The molecule has 1 N–H and O–H groups in total. The number of methoxy groups -OCH3 is 1. The highest BCUT2D eigenvalue weighted by molar-refractivity contribution is 5.84. The number of rotatable bonds is 3. The molecular weight excluding hydrogens is 234 g/mol. The van der Waals surface area contributed by atoms with Crippen LogP contribution in [0.1, 0.15) is 5.56 Å². The first kappa shape index (κ1) is 12.2. The van der Waals surface area contributed by atoms with E-state index in [9.17, 15) is 9.59 Å². The van der Waals surface area contributed by atoms with Gasteiger partial charge in [0.15, 0.2) is 5.43 Å². The Balaban J connectivity index is 2.80. The van der Waals surface area contributed by atoms with E-state index in [2.05, 4.69) is 0 Å². The summed E-state index contributed by atoms with van der Waals surface area (Å²) >= 11 is 0. The number of aliphatic carboxylic acids is 1. The Bertz CT molecular complexity index is 672. The number of carboxylic acids is 1. The summed E-state index contributed by atoms with van der Waals surface area (Å²) in [7, 11) is 1.53. The Hall–Kier alpha value is -2.30. The molecule has 0 amide bonds. The van der Waals surface area contributed by atoms with Crippen molar-refractivity contribution in [1.29, 1.82) is 0 Å². The topological polar surface area (TPSA) is 68.5 Å². The smallest absolute Gasteiger partial charge is 0.323 e. The van der Waals surface area contributed by atoms with Gasteiger partial charge in [0.05, 0.1) is 12.6 Å². The van der Waals surface area contributed by atoms with Crippen LogP contribution in [-0.2, 0) is 11.3 Å². The third-order valence-electron chi connectivity index (χ3n) is 2.77. The molecule has 0 atom stereocenters. The van der Waals surface area contributed by atoms with Gasteiger partial charge >= 0.3 is 5.97 Å². The molecule has 0 aliphatic carbocycles. The van der Waals surface area contributed by atoms with Gasteiger partial charge < -0.3 is 14.4 Å². The SMILES string of the molecule is COc1cc(C)c2c(c1)c(=O)ccn2CC(=O)O. The molecule has 18 heavy (non-hydrogen) atoms. The highest BCUT2D eigenvalue weighted by Crippen LogP contribution is 2.22. The normalized spacial score (nSPS) is 10.6. The van der Waals surface area contributed by atoms with Crippen molar-refractivity contribution in [2.75, 3.05) is 7.11 Å². The maximum absolute atomic E-state index is 11.8. The summed E-state index contributed by atoms with van der Waals surface area (Å²) in [5.41, 5.74) is 1.29. The van der Waals surface area contributed by atoms with E-state index >= 15 is 0 Å². The summed E-state index contributed by atoms with van der Waals surface area (Å²) in [5.74, 6) is -0.361. The van der Waals surface area contributed by atoms with Crippen molar-refractivity contribution >= 4 is 16.9 Å². The Morgan fingerprint density at radius 3 is 2.78 bits per heavy atom. The van der Waals surface area contributed by atoms with Gasteiger partial charge in [0.2, 0.25) is 0 Å². The van der Waals surface area contributed by atoms with Gasteiger partial charge in [0, 0.05) is 17.6 Å². The third kappa shape index (κ3) is 2.07. The molecule has 2 rings (SSSR count). The first-order valence-electron chi connectivity index (χ1n) is 5.42. The van der Waals surface area contributed by atoms with Crippen LogP contribution in [-0.4, -0.2) is 22.8 Å². The Labute approximate surface area is 103 Å². The zero-order valence-corrected chi connectivity index (χ0v) is 10.1. The van der Waals surface area contributed by atoms with Crippen molar-refractivity contribution in [2.24, 2.45) is 0 Å². The fourth-order valence-corrected chi connectivity index (χ4v) is 2.03. The van der Waals surface area contributed by atoms with E-state index < -0.39 is 5.97 Å². The number of carboxylic acid groups (broad SMARTS) is 1. The van der Waals surface area contributed by atoms with Crippen LogP contribution >= 0.6 is 0 Å². The molecule has 5 heteroatoms. The van der Waals surface area contributed by atoms with E-state index in [0.29, 0.717) is 16.7 Å². The van der Waals surface area contributed by atoms with Crippen molar-refractivity contribution < 1.29 is 14.6 Å². The summed E-state index contributed by atoms with van der Waals surface area (Å²) in [5, 5.41) is 9.33. The largest absolute Gasteiger partial charge is 0.497 e. The standard InChI is InChI=1S/C13H13NO4/c1-8-5-9(18-2)6-10-11(15)3-4-14(13(8)10)7-12(16)17/h3-6H,7H2,1-2H3,(H,16,17). The van der Waals surface area contributed by atoms with Gasteiger partial charge in [-0.2, -0.15) is 0 Å². The summed E-state index contributed by atoms with van der Waals surface area (Å²) < 4.78 is 6.66. The number of ether oxygens (including phenoxy) is 1. The van der Waals surface area contributed by atoms with E-state index in [0.717, 1.165) is 5.56 Å². The number of pyridine rings is 1. The number of aromatic nitrogens is 1. The lowest BCUT2D eigenvalue weighted by Gasteiger charge is -2.12. The molecule has 5 nitrogen and oxygen atoms in total. The van der Waals surface area contributed by atoms with Gasteiger partial charge in [-0.25, -0.2) is 0 Å². The zero-order valence-electron chi connectivity index (χ0n) is 10.1. The van der Waals surface area contributed by atoms with E-state index in [1.165, 1.54) is 19.4 Å². The number of hydrogen-bond donors (Lipinski definition) is 1. The average molecular weight is 247 g/mol. The van der Waals surface area contributed by atoms with Crippen molar-refractivity contribution in [3.05, 3.63) is 40.2 Å². The van der Waals surface area contributed by atoms with Crippen molar-refractivity contribution in [3.63, 3.8) is 0 Å². The quantitative estimate of drug-likeness (QED) is 0.890. The minimum absolute atomic E-state index is 0.145. The van der Waals surface area contributed by atoms with Crippen molar-refractivity contribution in [3.8, 4) is 5.75 Å². The second kappa shape index (κ2) is 4.52. The molecule has 0 fully saturated rings. The lowest BCUT2D eigenvalue weighted by atomic mass is 10.1. The second-order valence-electron chi connectivity index (χ2n) is 4.04. The minimum Gasteiger partial charge on any atom is -0.497 e. The maximum atomic E-state index is 11.8. The third-order valence-corrected chi connectivity index (χ3v) is 2.77. The molecule has 0 saturated carbocycles. The Morgan fingerprint density at radius 2 is 2.17 bits per heavy atom. The van der Waals surface area contributed by atoms with E-state index in [1.807, 2.05) is 6.92 Å². The molecule has 94 valence electrons. The second-order valence-corrected chi connectivity index (χ2v) is 4.04. The van der Waals surface area contributed by atoms with Gasteiger partial charge in [-0.05, 0) is 24.6 Å². The highest BCUT2D eigenvalue weighted by Gasteiger charge is 2.10. The van der Waals surface area contributed by atoms with Crippen LogP contribution in [0, 0.1) is 6.92 Å². The first-order valence-corrected chi connectivity index (χ1v) is 5.42. The molecule has 0 spiro atoms. The van der Waals surface area contributed by atoms with Crippen molar-refractivity contribution in [1.82, 2.24) is 4.57 Å². The molecule has 0 unspecified atom stereocenters. The summed E-state index contributed by atoms with van der Waals surface area (Å²) in [6.07, 6.45) is 1.50. The monoisotopic (exact) mass is 247 g/mol. The molecule has 0 saturated heterocycles. The number of carbonyl (C=O) groups is 1. The van der Waals surface area contributed by atoms with Crippen molar-refractivity contribution in [2.45, 2.75) is 13.5 Å². The Morgan fingerprint density at radius 1 is 1.44 bits per heavy atom. The van der Waals surface area contributed by atoms with Gasteiger partial charge in [0.25, 0.3) is 0 Å². The van der Waals surface area contributed by atoms with Gasteiger partial charge in [-0.1, -0.05) is 0 Å². The molecule has 2 aromatic rings. The van der Waals surface area contributed by atoms with Crippen LogP contribution in [0.15, 0.2) is 29.2 Å². The zero-order chi connectivity index (χ0) is 13.3. The van der Waals surface area contributed by atoms with Crippen LogP contribution < -0.4 is 10.2 Å². The number of nitrogens with zero attached hydrogens (tertiary/aromatic N) is 1. The fourth-order valence-electron chi connectivity index (χ4n) is 2.03. The molecule has 0 bridgehead atoms. The molecule has 1 aromatic carbocycles. The molecular formula is C13H13NO4. The van der Waals surface area contributed by atoms with Crippen LogP contribution in [0.2, 0.25) is 0 Å². The molecule has 0 radical (unpaired) electrons. The molecule has 1 aromatic heterocycles. The van der Waals surface area contributed by atoms with E-state index in [1.54, 1.807) is 16.7 Å². The predicted molar refractivity (Wildman–Crippen MR) is 67.1 cm³/mol. The number of hydrogen-bond acceptors (Lipinski definition) is 3. The molecule has 0 aliphatic rings. The average Bonchev–Trinajstić information content (AvgIpc) is 2.32. The van der Waals surface area contributed by atoms with E-state index in [4.69, 9.17) is 9.84 Å².